The average molecular weight is 190 g/mol. The number of anilines is 1. The van der Waals surface area contributed by atoms with Gasteiger partial charge in [-0.3, -0.25) is 9.59 Å². The van der Waals surface area contributed by atoms with Gasteiger partial charge in [0.1, 0.15) is 5.82 Å². The fourth-order valence-corrected chi connectivity index (χ4v) is 1.64. The van der Waals surface area contributed by atoms with E-state index in [1.807, 2.05) is 0 Å². The number of carbonyl (C=O) groups is 2. The van der Waals surface area contributed by atoms with Gasteiger partial charge in [-0.25, -0.2) is 4.98 Å². The van der Waals surface area contributed by atoms with Crippen LogP contribution in [-0.4, -0.2) is 17.2 Å². The molecule has 0 radical (unpaired) electrons. The van der Waals surface area contributed by atoms with Crippen LogP contribution in [-0.2, 0) is 11.2 Å². The normalized spacial score (nSPS) is 14.7. The maximum Gasteiger partial charge on any atom is 0.212 e. The van der Waals surface area contributed by atoms with Gasteiger partial charge in [-0.05, 0) is 25.0 Å². The summed E-state index contributed by atoms with van der Waals surface area (Å²) in [6.07, 6.45) is 2.85. The highest BCUT2D eigenvalue weighted by Gasteiger charge is 2.18. The van der Waals surface area contributed by atoms with Crippen molar-refractivity contribution < 1.29 is 9.59 Å². The molecule has 0 bridgehead atoms. The number of hydrogen-bond acceptors (Lipinski definition) is 3. The molecule has 0 atom stereocenters. The number of amides is 1. The predicted octanol–water partition coefficient (Wildman–Crippen LogP) is 1.17. The van der Waals surface area contributed by atoms with E-state index < -0.39 is 0 Å². The number of Topliss-reactive ketones (excluding diaryl/α,β-unsaturated/α-hetero) is 1. The number of rotatable bonds is 2. The van der Waals surface area contributed by atoms with Crippen molar-refractivity contribution in [2.45, 2.75) is 19.3 Å². The van der Waals surface area contributed by atoms with Crippen LogP contribution in [0.1, 0.15) is 28.9 Å². The maximum absolute atomic E-state index is 11.4. The molecule has 4 heteroatoms. The van der Waals surface area contributed by atoms with Crippen LogP contribution in [0.2, 0.25) is 0 Å². The Morgan fingerprint density at radius 3 is 3.00 bits per heavy atom. The first-order valence-corrected chi connectivity index (χ1v) is 4.54. The molecule has 1 aliphatic carbocycles. The molecule has 1 aliphatic rings. The van der Waals surface area contributed by atoms with Crippen LogP contribution in [0, 0.1) is 0 Å². The molecule has 4 nitrogen and oxygen atoms in total. The van der Waals surface area contributed by atoms with Crippen LogP contribution in [0.3, 0.4) is 0 Å². The lowest BCUT2D eigenvalue weighted by molar-refractivity contribution is -0.105. The molecule has 1 aromatic heterocycles. The summed E-state index contributed by atoms with van der Waals surface area (Å²) in [5.74, 6) is 0.657. The molecule has 0 fully saturated rings. The Labute approximate surface area is 81.3 Å². The van der Waals surface area contributed by atoms with Gasteiger partial charge in [-0.2, -0.15) is 0 Å². The number of fused-ring (bicyclic) bond motifs is 1. The van der Waals surface area contributed by atoms with Crippen molar-refractivity contribution in [3.05, 3.63) is 23.4 Å². The van der Waals surface area contributed by atoms with Crippen molar-refractivity contribution in [3.8, 4) is 0 Å². The van der Waals surface area contributed by atoms with Crippen molar-refractivity contribution in [1.29, 1.82) is 0 Å². The van der Waals surface area contributed by atoms with Crippen LogP contribution in [0.25, 0.3) is 0 Å². The lowest BCUT2D eigenvalue weighted by Crippen LogP contribution is -2.13. The minimum absolute atomic E-state index is 0.149. The molecule has 2 rings (SSSR count). The quantitative estimate of drug-likeness (QED) is 0.712. The molecular weight excluding hydrogens is 180 g/mol. The smallest absolute Gasteiger partial charge is 0.212 e. The van der Waals surface area contributed by atoms with Crippen molar-refractivity contribution in [3.63, 3.8) is 0 Å². The summed E-state index contributed by atoms with van der Waals surface area (Å²) in [5.41, 5.74) is 1.50. The molecule has 0 saturated carbocycles. The zero-order chi connectivity index (χ0) is 9.97. The molecule has 1 N–H and O–H groups in total. The second kappa shape index (κ2) is 3.57. The first kappa shape index (κ1) is 8.87. The predicted molar refractivity (Wildman–Crippen MR) is 51.2 cm³/mol. The van der Waals surface area contributed by atoms with Gasteiger partial charge >= 0.3 is 0 Å². The first-order valence-electron chi connectivity index (χ1n) is 4.54. The standard InChI is InChI=1S/C10H10N2O2/c13-6-11-10-5-4-7-8(12-10)2-1-3-9(7)14/h4-6H,1-3H2,(H,11,12,13). The number of nitrogens with one attached hydrogen (secondary N) is 1. The molecular formula is C10H10N2O2. The average Bonchev–Trinajstić information content (AvgIpc) is 2.18. The third-order valence-electron chi connectivity index (χ3n) is 2.30. The fourth-order valence-electron chi connectivity index (χ4n) is 1.64. The van der Waals surface area contributed by atoms with Crippen LogP contribution >= 0.6 is 0 Å². The monoisotopic (exact) mass is 190 g/mol. The maximum atomic E-state index is 11.4. The third-order valence-corrected chi connectivity index (χ3v) is 2.30. The molecule has 0 aliphatic heterocycles. The Morgan fingerprint density at radius 2 is 2.21 bits per heavy atom. The molecule has 0 unspecified atom stereocenters. The number of carbonyl (C=O) groups excluding carboxylic acids is 2. The van der Waals surface area contributed by atoms with E-state index in [0.717, 1.165) is 18.5 Å². The summed E-state index contributed by atoms with van der Waals surface area (Å²) in [6, 6.07) is 3.38. The van der Waals surface area contributed by atoms with E-state index in [1.54, 1.807) is 12.1 Å². The lowest BCUT2D eigenvalue weighted by atomic mass is 9.95. The van der Waals surface area contributed by atoms with E-state index in [2.05, 4.69) is 10.3 Å². The zero-order valence-electron chi connectivity index (χ0n) is 7.62. The second-order valence-electron chi connectivity index (χ2n) is 3.23. The van der Waals surface area contributed by atoms with E-state index >= 15 is 0 Å². The third kappa shape index (κ3) is 1.51. The number of pyridine rings is 1. The van der Waals surface area contributed by atoms with E-state index in [9.17, 15) is 9.59 Å². The van der Waals surface area contributed by atoms with Gasteiger partial charge in [0.25, 0.3) is 0 Å². The van der Waals surface area contributed by atoms with Gasteiger partial charge in [0, 0.05) is 12.0 Å². The highest BCUT2D eigenvalue weighted by molar-refractivity contribution is 5.98. The summed E-state index contributed by atoms with van der Waals surface area (Å²) in [4.78, 5) is 25.8. The van der Waals surface area contributed by atoms with Crippen LogP contribution in [0.4, 0.5) is 5.82 Å². The highest BCUT2D eigenvalue weighted by Crippen LogP contribution is 2.20. The lowest BCUT2D eigenvalue weighted by Gasteiger charge is -2.13. The Balaban J connectivity index is 2.38. The van der Waals surface area contributed by atoms with Crippen molar-refractivity contribution in [2.24, 2.45) is 0 Å². The van der Waals surface area contributed by atoms with Gasteiger partial charge < -0.3 is 5.32 Å². The van der Waals surface area contributed by atoms with E-state index in [1.165, 1.54) is 0 Å². The molecule has 0 spiro atoms. The Kier molecular flexibility index (Phi) is 2.26. The largest absolute Gasteiger partial charge is 0.313 e. The summed E-state index contributed by atoms with van der Waals surface area (Å²) in [6.45, 7) is 0. The van der Waals surface area contributed by atoms with E-state index in [0.29, 0.717) is 24.2 Å². The van der Waals surface area contributed by atoms with Gasteiger partial charge in [0.2, 0.25) is 6.41 Å². The Morgan fingerprint density at radius 1 is 1.36 bits per heavy atom. The highest BCUT2D eigenvalue weighted by atomic mass is 16.1. The number of ketones is 1. The van der Waals surface area contributed by atoms with Crippen LogP contribution < -0.4 is 5.32 Å². The van der Waals surface area contributed by atoms with Crippen LogP contribution in [0.5, 0.6) is 0 Å². The van der Waals surface area contributed by atoms with Gasteiger partial charge in [-0.1, -0.05) is 0 Å². The number of aryl methyl sites for hydroxylation is 1. The summed E-state index contributed by atoms with van der Waals surface area (Å²) in [5, 5.41) is 2.47. The van der Waals surface area contributed by atoms with Gasteiger partial charge in [0.05, 0.1) is 5.69 Å². The molecule has 72 valence electrons. The molecule has 0 saturated heterocycles. The second-order valence-corrected chi connectivity index (χ2v) is 3.23. The number of aromatic nitrogens is 1. The van der Waals surface area contributed by atoms with Gasteiger partial charge in [0.15, 0.2) is 5.78 Å². The molecule has 0 aromatic carbocycles. The summed E-state index contributed by atoms with van der Waals surface area (Å²) in [7, 11) is 0. The fraction of sp³-hybridized carbons (Fsp3) is 0.300. The summed E-state index contributed by atoms with van der Waals surface area (Å²) < 4.78 is 0. The molecule has 1 heterocycles. The zero-order valence-corrected chi connectivity index (χ0v) is 7.62. The van der Waals surface area contributed by atoms with Crippen molar-refractivity contribution in [1.82, 2.24) is 4.98 Å². The SMILES string of the molecule is O=CNc1ccc2c(n1)CCCC2=O. The number of hydrogen-bond donors (Lipinski definition) is 1. The van der Waals surface area contributed by atoms with E-state index in [4.69, 9.17) is 0 Å². The van der Waals surface area contributed by atoms with E-state index in [-0.39, 0.29) is 5.78 Å². The summed E-state index contributed by atoms with van der Waals surface area (Å²) >= 11 is 0. The molecule has 1 amide bonds. The first-order chi connectivity index (χ1) is 6.81. The van der Waals surface area contributed by atoms with Gasteiger partial charge in [-0.15, -0.1) is 0 Å². The van der Waals surface area contributed by atoms with Crippen molar-refractivity contribution >= 4 is 18.0 Å². The number of nitrogens with zero attached hydrogens (tertiary/aromatic N) is 1. The minimum Gasteiger partial charge on any atom is -0.313 e. The van der Waals surface area contributed by atoms with Crippen LogP contribution in [0.15, 0.2) is 12.1 Å². The Bertz CT molecular complexity index is 388. The minimum atomic E-state index is 0.149. The molecule has 14 heavy (non-hydrogen) atoms. The van der Waals surface area contributed by atoms with Crippen molar-refractivity contribution in [2.75, 3.05) is 5.32 Å². The molecule has 1 aromatic rings. The topological polar surface area (TPSA) is 59.1 Å². The Hall–Kier alpha value is -1.71.